The summed E-state index contributed by atoms with van der Waals surface area (Å²) in [7, 11) is 3.31. The summed E-state index contributed by atoms with van der Waals surface area (Å²) in [5.74, 6) is -0.252. The summed E-state index contributed by atoms with van der Waals surface area (Å²) in [5.41, 5.74) is 2.67. The maximum Gasteiger partial charge on any atom is 0.316 e. The zero-order valence-electron chi connectivity index (χ0n) is 17.0. The number of hydrogen-bond acceptors (Lipinski definition) is 7. The monoisotopic (exact) mass is 395 g/mol. The van der Waals surface area contributed by atoms with Crippen molar-refractivity contribution in [1.29, 1.82) is 0 Å². The van der Waals surface area contributed by atoms with Gasteiger partial charge in [0.05, 0.1) is 30.1 Å². The van der Waals surface area contributed by atoms with E-state index in [0.717, 1.165) is 24.2 Å². The van der Waals surface area contributed by atoms with Gasteiger partial charge < -0.3 is 20.3 Å². The van der Waals surface area contributed by atoms with Gasteiger partial charge >= 0.3 is 6.01 Å². The highest BCUT2D eigenvalue weighted by Crippen LogP contribution is 2.30. The molecule has 0 aliphatic carbocycles. The second-order valence-corrected chi connectivity index (χ2v) is 7.48. The molecule has 2 N–H and O–H groups in total. The van der Waals surface area contributed by atoms with Crippen LogP contribution in [-0.2, 0) is 7.05 Å². The Morgan fingerprint density at radius 3 is 2.66 bits per heavy atom. The first-order chi connectivity index (χ1) is 13.9. The van der Waals surface area contributed by atoms with E-state index < -0.39 is 0 Å². The number of benzene rings is 1. The van der Waals surface area contributed by atoms with E-state index in [9.17, 15) is 4.79 Å². The Labute approximate surface area is 169 Å². The molecule has 3 heterocycles. The van der Waals surface area contributed by atoms with Crippen molar-refractivity contribution < 1.29 is 9.53 Å². The van der Waals surface area contributed by atoms with E-state index in [-0.39, 0.29) is 11.9 Å². The molecule has 1 aliphatic heterocycles. The topological polar surface area (TPSA) is 97.2 Å². The van der Waals surface area contributed by atoms with Crippen molar-refractivity contribution in [3.63, 3.8) is 0 Å². The molecular weight excluding hydrogens is 370 g/mol. The van der Waals surface area contributed by atoms with Crippen LogP contribution in [-0.4, -0.2) is 57.9 Å². The largest absolute Gasteiger partial charge is 0.467 e. The molecule has 0 spiro atoms. The van der Waals surface area contributed by atoms with Gasteiger partial charge in [-0.3, -0.25) is 9.48 Å². The van der Waals surface area contributed by atoms with E-state index >= 15 is 0 Å². The molecule has 1 saturated heterocycles. The summed E-state index contributed by atoms with van der Waals surface area (Å²) in [5, 5.41) is 11.3. The summed E-state index contributed by atoms with van der Waals surface area (Å²) in [6.07, 6.45) is 5.08. The van der Waals surface area contributed by atoms with Crippen molar-refractivity contribution >= 4 is 28.2 Å². The molecule has 0 bridgehead atoms. The number of amides is 1. The molecule has 152 valence electrons. The molecule has 2 aromatic heterocycles. The molecule has 1 amide bonds. The predicted octanol–water partition coefficient (Wildman–Crippen LogP) is 1.81. The Bertz CT molecular complexity index is 1040. The number of fused-ring (bicyclic) bond motifs is 1. The molecule has 9 nitrogen and oxygen atoms in total. The van der Waals surface area contributed by atoms with Crippen LogP contribution >= 0.6 is 0 Å². The Morgan fingerprint density at radius 1 is 1.24 bits per heavy atom. The lowest BCUT2D eigenvalue weighted by Crippen LogP contribution is -2.54. The molecule has 0 saturated carbocycles. The average molecular weight is 395 g/mol. The first kappa shape index (κ1) is 19.1. The summed E-state index contributed by atoms with van der Waals surface area (Å²) < 4.78 is 6.84. The van der Waals surface area contributed by atoms with E-state index in [1.165, 1.54) is 7.11 Å². The van der Waals surface area contributed by atoms with Crippen LogP contribution in [0.15, 0.2) is 30.7 Å². The SMILES string of the molecule is COc1ncc2c(N3CC(C)NC(C)C3)ccc(C(=O)Nc3cnn(C)c3)c2n1. The normalized spacial score (nSPS) is 19.4. The molecule has 2 atom stereocenters. The van der Waals surface area contributed by atoms with Crippen molar-refractivity contribution in [2.24, 2.45) is 7.05 Å². The van der Waals surface area contributed by atoms with E-state index in [0.29, 0.717) is 28.9 Å². The number of hydrogen-bond donors (Lipinski definition) is 2. The number of ether oxygens (including phenoxy) is 1. The minimum atomic E-state index is -0.252. The van der Waals surface area contributed by atoms with Crippen molar-refractivity contribution in [3.05, 3.63) is 36.3 Å². The van der Waals surface area contributed by atoms with E-state index in [1.54, 1.807) is 30.3 Å². The number of anilines is 2. The average Bonchev–Trinajstić information content (AvgIpc) is 3.10. The number of carbonyl (C=O) groups excluding carboxylic acids is 1. The number of aromatic nitrogens is 4. The fraction of sp³-hybridized carbons (Fsp3) is 0.400. The highest BCUT2D eigenvalue weighted by Gasteiger charge is 2.24. The molecule has 1 fully saturated rings. The molecule has 1 aromatic carbocycles. The smallest absolute Gasteiger partial charge is 0.316 e. The quantitative estimate of drug-likeness (QED) is 0.695. The van der Waals surface area contributed by atoms with Gasteiger partial charge in [-0.2, -0.15) is 10.1 Å². The van der Waals surface area contributed by atoms with Crippen LogP contribution in [0.25, 0.3) is 10.9 Å². The summed E-state index contributed by atoms with van der Waals surface area (Å²) in [6, 6.07) is 4.74. The van der Waals surface area contributed by atoms with Gasteiger partial charge in [-0.25, -0.2) is 4.98 Å². The Morgan fingerprint density at radius 2 is 2.00 bits per heavy atom. The van der Waals surface area contributed by atoms with Crippen LogP contribution in [0.2, 0.25) is 0 Å². The lowest BCUT2D eigenvalue weighted by molar-refractivity contribution is 0.102. The molecule has 0 radical (unpaired) electrons. The van der Waals surface area contributed by atoms with Crippen LogP contribution in [0.5, 0.6) is 6.01 Å². The van der Waals surface area contributed by atoms with Gasteiger partial charge in [0.1, 0.15) is 0 Å². The predicted molar refractivity (Wildman–Crippen MR) is 112 cm³/mol. The van der Waals surface area contributed by atoms with Crippen LogP contribution < -0.4 is 20.3 Å². The molecule has 2 unspecified atom stereocenters. The van der Waals surface area contributed by atoms with Crippen LogP contribution in [0.1, 0.15) is 24.2 Å². The van der Waals surface area contributed by atoms with E-state index in [2.05, 4.69) is 44.4 Å². The zero-order valence-corrected chi connectivity index (χ0v) is 17.0. The van der Waals surface area contributed by atoms with E-state index in [1.807, 2.05) is 12.1 Å². The Kier molecular flexibility index (Phi) is 5.06. The summed E-state index contributed by atoms with van der Waals surface area (Å²) >= 11 is 0. The Hall–Kier alpha value is -3.20. The number of aryl methyl sites for hydroxylation is 1. The van der Waals surface area contributed by atoms with Gasteiger partial charge in [0.15, 0.2) is 0 Å². The highest BCUT2D eigenvalue weighted by atomic mass is 16.5. The van der Waals surface area contributed by atoms with Gasteiger partial charge in [-0.15, -0.1) is 0 Å². The lowest BCUT2D eigenvalue weighted by atomic mass is 10.0. The van der Waals surface area contributed by atoms with Crippen molar-refractivity contribution in [2.45, 2.75) is 25.9 Å². The first-order valence-electron chi connectivity index (χ1n) is 9.59. The Balaban J connectivity index is 1.76. The number of rotatable bonds is 4. The third-order valence-corrected chi connectivity index (χ3v) is 4.99. The van der Waals surface area contributed by atoms with Gasteiger partial charge in [0.25, 0.3) is 5.91 Å². The molecule has 3 aromatic rings. The molecule has 4 rings (SSSR count). The van der Waals surface area contributed by atoms with Crippen LogP contribution in [0, 0.1) is 0 Å². The first-order valence-corrected chi connectivity index (χ1v) is 9.59. The van der Waals surface area contributed by atoms with Crippen LogP contribution in [0.3, 0.4) is 0 Å². The summed E-state index contributed by atoms with van der Waals surface area (Å²) in [6.45, 7) is 6.07. The minimum Gasteiger partial charge on any atom is -0.467 e. The van der Waals surface area contributed by atoms with Gasteiger partial charge in [0, 0.05) is 55.7 Å². The fourth-order valence-electron chi connectivity index (χ4n) is 3.85. The molecule has 1 aliphatic rings. The third-order valence-electron chi connectivity index (χ3n) is 4.99. The van der Waals surface area contributed by atoms with Crippen LogP contribution in [0.4, 0.5) is 11.4 Å². The number of methoxy groups -OCH3 is 1. The second kappa shape index (κ2) is 7.67. The number of carbonyl (C=O) groups is 1. The van der Waals surface area contributed by atoms with Gasteiger partial charge in [0.2, 0.25) is 0 Å². The van der Waals surface area contributed by atoms with Gasteiger partial charge in [-0.05, 0) is 26.0 Å². The zero-order chi connectivity index (χ0) is 20.5. The molecule has 29 heavy (non-hydrogen) atoms. The lowest BCUT2D eigenvalue weighted by Gasteiger charge is -2.38. The third kappa shape index (κ3) is 3.86. The van der Waals surface area contributed by atoms with Crippen molar-refractivity contribution in [3.8, 4) is 6.01 Å². The number of piperazine rings is 1. The standard InChI is InChI=1S/C20H25N7O2/c1-12-9-27(10-13(2)23-12)17-6-5-15(18-16(17)8-21-20(25-18)29-4)19(28)24-14-7-22-26(3)11-14/h5-8,11-13,23H,9-10H2,1-4H3,(H,24,28). The maximum absolute atomic E-state index is 13.0. The second-order valence-electron chi connectivity index (χ2n) is 7.48. The molecular formula is C20H25N7O2. The summed E-state index contributed by atoms with van der Waals surface area (Å²) in [4.78, 5) is 24.1. The number of nitrogens with zero attached hydrogens (tertiary/aromatic N) is 5. The maximum atomic E-state index is 13.0. The molecule has 9 heteroatoms. The minimum absolute atomic E-state index is 0.229. The fourth-order valence-corrected chi connectivity index (χ4v) is 3.85. The van der Waals surface area contributed by atoms with Crippen molar-refractivity contribution in [2.75, 3.05) is 30.4 Å². The van der Waals surface area contributed by atoms with E-state index in [4.69, 9.17) is 4.74 Å². The van der Waals surface area contributed by atoms with Crippen molar-refractivity contribution in [1.82, 2.24) is 25.1 Å². The highest BCUT2D eigenvalue weighted by molar-refractivity contribution is 6.13. The van der Waals surface area contributed by atoms with Gasteiger partial charge in [-0.1, -0.05) is 0 Å². The number of nitrogens with one attached hydrogen (secondary N) is 2.